The standard InChI is InChI=1S/C18H24N2O4/c1-24-17(22)11-10-16(21)19-15-9-5-6-13(12-15)18(23)20-14-7-3-2-4-8-14/h5-6,9,12,14H,2-4,7-8,10-11H2,1H3,(H,19,21)(H,20,23). The van der Waals surface area contributed by atoms with Gasteiger partial charge in [-0.15, -0.1) is 0 Å². The Kier molecular flexibility index (Phi) is 6.78. The zero-order valence-corrected chi connectivity index (χ0v) is 14.0. The molecule has 2 N–H and O–H groups in total. The van der Waals surface area contributed by atoms with Gasteiger partial charge in [0.2, 0.25) is 5.91 Å². The van der Waals surface area contributed by atoms with Crippen LogP contribution in [-0.2, 0) is 14.3 Å². The molecule has 1 aromatic rings. The first-order valence-electron chi connectivity index (χ1n) is 8.36. The van der Waals surface area contributed by atoms with Crippen LogP contribution in [0.4, 0.5) is 5.69 Å². The van der Waals surface area contributed by atoms with Crippen molar-refractivity contribution in [1.82, 2.24) is 5.32 Å². The van der Waals surface area contributed by atoms with Crippen molar-refractivity contribution in [2.24, 2.45) is 0 Å². The van der Waals surface area contributed by atoms with E-state index < -0.39 is 5.97 Å². The van der Waals surface area contributed by atoms with E-state index in [2.05, 4.69) is 15.4 Å². The van der Waals surface area contributed by atoms with Gasteiger partial charge >= 0.3 is 5.97 Å². The normalized spacial score (nSPS) is 14.7. The third-order valence-electron chi connectivity index (χ3n) is 4.13. The topological polar surface area (TPSA) is 84.5 Å². The summed E-state index contributed by atoms with van der Waals surface area (Å²) < 4.78 is 4.50. The van der Waals surface area contributed by atoms with E-state index in [1.165, 1.54) is 13.5 Å². The molecule has 1 saturated carbocycles. The fraction of sp³-hybridized carbons (Fsp3) is 0.500. The number of carbonyl (C=O) groups excluding carboxylic acids is 3. The number of hydrogen-bond acceptors (Lipinski definition) is 4. The van der Waals surface area contributed by atoms with Gasteiger partial charge in [-0.3, -0.25) is 14.4 Å². The van der Waals surface area contributed by atoms with Crippen LogP contribution in [-0.4, -0.2) is 30.9 Å². The number of methoxy groups -OCH3 is 1. The number of benzene rings is 1. The summed E-state index contributed by atoms with van der Waals surface area (Å²) in [6, 6.07) is 7.06. The van der Waals surface area contributed by atoms with Gasteiger partial charge in [-0.05, 0) is 31.0 Å². The van der Waals surface area contributed by atoms with Crippen LogP contribution in [0.25, 0.3) is 0 Å². The Bertz CT molecular complexity index is 594. The number of ether oxygens (including phenoxy) is 1. The number of nitrogens with one attached hydrogen (secondary N) is 2. The fourth-order valence-electron chi connectivity index (χ4n) is 2.79. The highest BCUT2D eigenvalue weighted by Crippen LogP contribution is 2.18. The summed E-state index contributed by atoms with van der Waals surface area (Å²) in [4.78, 5) is 35.2. The zero-order chi connectivity index (χ0) is 17.4. The van der Waals surface area contributed by atoms with Crippen LogP contribution >= 0.6 is 0 Å². The van der Waals surface area contributed by atoms with Crippen molar-refractivity contribution < 1.29 is 19.1 Å². The molecule has 6 heteroatoms. The highest BCUT2D eigenvalue weighted by molar-refractivity contribution is 5.97. The smallest absolute Gasteiger partial charge is 0.306 e. The van der Waals surface area contributed by atoms with Gasteiger partial charge in [0.25, 0.3) is 5.91 Å². The van der Waals surface area contributed by atoms with Gasteiger partial charge in [0.1, 0.15) is 0 Å². The van der Waals surface area contributed by atoms with Gasteiger partial charge < -0.3 is 15.4 Å². The third kappa shape index (κ3) is 5.68. The fourth-order valence-corrected chi connectivity index (χ4v) is 2.79. The van der Waals surface area contributed by atoms with E-state index in [0.717, 1.165) is 25.7 Å². The predicted octanol–water partition coefficient (Wildman–Crippen LogP) is 2.64. The number of amides is 2. The molecule has 6 nitrogen and oxygen atoms in total. The highest BCUT2D eigenvalue weighted by Gasteiger charge is 2.17. The second-order valence-corrected chi connectivity index (χ2v) is 6.01. The molecule has 0 aromatic heterocycles. The molecule has 1 aliphatic carbocycles. The van der Waals surface area contributed by atoms with E-state index in [4.69, 9.17) is 0 Å². The van der Waals surface area contributed by atoms with Crippen LogP contribution < -0.4 is 10.6 Å². The molecule has 1 aromatic carbocycles. The SMILES string of the molecule is COC(=O)CCC(=O)Nc1cccc(C(=O)NC2CCCCC2)c1. The van der Waals surface area contributed by atoms with Crippen molar-refractivity contribution in [3.63, 3.8) is 0 Å². The molecule has 130 valence electrons. The summed E-state index contributed by atoms with van der Waals surface area (Å²) in [5.74, 6) is -0.830. The first kappa shape index (κ1) is 18.0. The van der Waals surface area contributed by atoms with Crippen molar-refractivity contribution in [2.45, 2.75) is 51.0 Å². The van der Waals surface area contributed by atoms with Crippen LogP contribution in [0.15, 0.2) is 24.3 Å². The molecule has 2 amide bonds. The van der Waals surface area contributed by atoms with Crippen molar-refractivity contribution in [3.05, 3.63) is 29.8 Å². The van der Waals surface area contributed by atoms with E-state index in [9.17, 15) is 14.4 Å². The lowest BCUT2D eigenvalue weighted by Crippen LogP contribution is -2.36. The van der Waals surface area contributed by atoms with Gasteiger partial charge in [-0.1, -0.05) is 25.3 Å². The molecule has 2 rings (SSSR count). The first-order chi connectivity index (χ1) is 11.6. The molecule has 0 aliphatic heterocycles. The average Bonchev–Trinajstić information content (AvgIpc) is 2.60. The molecule has 0 radical (unpaired) electrons. The Hall–Kier alpha value is -2.37. The molecule has 0 unspecified atom stereocenters. The van der Waals surface area contributed by atoms with Crippen LogP contribution in [0, 0.1) is 0 Å². The average molecular weight is 332 g/mol. The van der Waals surface area contributed by atoms with E-state index in [0.29, 0.717) is 11.3 Å². The minimum absolute atomic E-state index is 0.0319. The zero-order valence-electron chi connectivity index (χ0n) is 14.0. The Morgan fingerprint density at radius 1 is 1.12 bits per heavy atom. The molecule has 0 bridgehead atoms. The van der Waals surface area contributed by atoms with Crippen molar-refractivity contribution in [2.75, 3.05) is 12.4 Å². The molecular formula is C18H24N2O4. The Labute approximate surface area is 142 Å². The minimum atomic E-state index is -0.425. The summed E-state index contributed by atoms with van der Waals surface area (Å²) in [7, 11) is 1.29. The molecular weight excluding hydrogens is 308 g/mol. The molecule has 0 heterocycles. The second kappa shape index (κ2) is 9.05. The maximum Gasteiger partial charge on any atom is 0.306 e. The van der Waals surface area contributed by atoms with E-state index in [1.807, 2.05) is 0 Å². The molecule has 0 spiro atoms. The number of carbonyl (C=O) groups is 3. The Morgan fingerprint density at radius 3 is 2.58 bits per heavy atom. The largest absolute Gasteiger partial charge is 0.469 e. The summed E-state index contributed by atoms with van der Waals surface area (Å²) in [5, 5.41) is 5.74. The number of esters is 1. The second-order valence-electron chi connectivity index (χ2n) is 6.01. The van der Waals surface area contributed by atoms with Crippen molar-refractivity contribution >= 4 is 23.5 Å². The summed E-state index contributed by atoms with van der Waals surface area (Å²) in [5.41, 5.74) is 1.06. The summed E-state index contributed by atoms with van der Waals surface area (Å²) in [6.45, 7) is 0. The third-order valence-corrected chi connectivity index (χ3v) is 4.13. The van der Waals surface area contributed by atoms with Gasteiger partial charge in [-0.25, -0.2) is 0 Å². The van der Waals surface area contributed by atoms with Crippen LogP contribution in [0.3, 0.4) is 0 Å². The van der Waals surface area contributed by atoms with Crippen LogP contribution in [0.5, 0.6) is 0 Å². The van der Waals surface area contributed by atoms with Gasteiger partial charge in [0.15, 0.2) is 0 Å². The Balaban J connectivity index is 1.89. The van der Waals surface area contributed by atoms with E-state index >= 15 is 0 Å². The predicted molar refractivity (Wildman–Crippen MR) is 90.7 cm³/mol. The minimum Gasteiger partial charge on any atom is -0.469 e. The highest BCUT2D eigenvalue weighted by atomic mass is 16.5. The quantitative estimate of drug-likeness (QED) is 0.784. The molecule has 1 aliphatic rings. The molecule has 0 atom stereocenters. The van der Waals surface area contributed by atoms with Crippen molar-refractivity contribution in [3.8, 4) is 0 Å². The number of rotatable bonds is 6. The van der Waals surface area contributed by atoms with E-state index in [1.54, 1.807) is 24.3 Å². The molecule has 24 heavy (non-hydrogen) atoms. The molecule has 1 fully saturated rings. The maximum absolute atomic E-state index is 12.3. The lowest BCUT2D eigenvalue weighted by atomic mass is 9.95. The van der Waals surface area contributed by atoms with E-state index in [-0.39, 0.29) is 30.7 Å². The lowest BCUT2D eigenvalue weighted by molar-refractivity contribution is -0.141. The van der Waals surface area contributed by atoms with Gasteiger partial charge in [-0.2, -0.15) is 0 Å². The molecule has 0 saturated heterocycles. The van der Waals surface area contributed by atoms with Crippen LogP contribution in [0.2, 0.25) is 0 Å². The van der Waals surface area contributed by atoms with Gasteiger partial charge in [0.05, 0.1) is 13.5 Å². The number of hydrogen-bond donors (Lipinski definition) is 2. The first-order valence-corrected chi connectivity index (χ1v) is 8.36. The van der Waals surface area contributed by atoms with Crippen LogP contribution in [0.1, 0.15) is 55.3 Å². The maximum atomic E-state index is 12.3. The summed E-state index contributed by atoms with van der Waals surface area (Å²) >= 11 is 0. The number of anilines is 1. The summed E-state index contributed by atoms with van der Waals surface area (Å²) in [6.07, 6.45) is 5.67. The van der Waals surface area contributed by atoms with Gasteiger partial charge in [0, 0.05) is 23.7 Å². The monoisotopic (exact) mass is 332 g/mol. The lowest BCUT2D eigenvalue weighted by Gasteiger charge is -2.22. The van der Waals surface area contributed by atoms with Crippen molar-refractivity contribution in [1.29, 1.82) is 0 Å². The Morgan fingerprint density at radius 2 is 1.88 bits per heavy atom.